The van der Waals surface area contributed by atoms with Crippen LogP contribution in [0, 0.1) is 0 Å². The predicted octanol–water partition coefficient (Wildman–Crippen LogP) is 4.39. The summed E-state index contributed by atoms with van der Waals surface area (Å²) in [5.41, 5.74) is 6.72. The van der Waals surface area contributed by atoms with E-state index in [0.29, 0.717) is 27.2 Å². The quantitative estimate of drug-likeness (QED) is 0.659. The summed E-state index contributed by atoms with van der Waals surface area (Å²) in [7, 11) is 0. The van der Waals surface area contributed by atoms with Gasteiger partial charge in [-0.2, -0.15) is 0 Å². The van der Waals surface area contributed by atoms with Gasteiger partial charge in [-0.3, -0.25) is 14.9 Å². The fourth-order valence-corrected chi connectivity index (χ4v) is 3.51. The fourth-order valence-electron chi connectivity index (χ4n) is 2.30. The minimum atomic E-state index is -0.588. The van der Waals surface area contributed by atoms with E-state index >= 15 is 0 Å². The fraction of sp³-hybridized carbons (Fsp3) is 0.0556. The lowest BCUT2D eigenvalue weighted by molar-refractivity contribution is 0.1000. The van der Waals surface area contributed by atoms with Crippen molar-refractivity contribution in [1.29, 1.82) is 0 Å². The summed E-state index contributed by atoms with van der Waals surface area (Å²) in [6.45, 7) is 0. The van der Waals surface area contributed by atoms with Crippen molar-refractivity contribution in [1.82, 2.24) is 4.98 Å². The molecule has 2 aromatic carbocycles. The number of primary amides is 1. The van der Waals surface area contributed by atoms with Crippen molar-refractivity contribution in [2.45, 2.75) is 6.42 Å². The van der Waals surface area contributed by atoms with E-state index in [9.17, 15) is 9.59 Å². The van der Waals surface area contributed by atoms with Crippen LogP contribution in [0.3, 0.4) is 0 Å². The minimum absolute atomic E-state index is 0.271. The van der Waals surface area contributed by atoms with Crippen molar-refractivity contribution >= 4 is 51.5 Å². The van der Waals surface area contributed by atoms with Gasteiger partial charge in [0.1, 0.15) is 0 Å². The molecule has 0 aliphatic heterocycles. The number of nitrogens with one attached hydrogen (secondary N) is 1. The van der Waals surface area contributed by atoms with Crippen molar-refractivity contribution < 1.29 is 9.59 Å². The van der Waals surface area contributed by atoms with E-state index < -0.39 is 5.91 Å². The average molecular weight is 406 g/mol. The molecule has 3 aromatic rings. The highest BCUT2D eigenvalue weighted by molar-refractivity contribution is 7.15. The predicted molar refractivity (Wildman–Crippen MR) is 104 cm³/mol. The summed E-state index contributed by atoms with van der Waals surface area (Å²) >= 11 is 13.5. The maximum absolute atomic E-state index is 12.3. The summed E-state index contributed by atoms with van der Waals surface area (Å²) in [5.74, 6) is -0.954. The maximum Gasteiger partial charge on any atom is 0.257 e. The molecule has 132 valence electrons. The normalized spacial score (nSPS) is 10.5. The van der Waals surface area contributed by atoms with Gasteiger partial charge >= 0.3 is 0 Å². The van der Waals surface area contributed by atoms with Gasteiger partial charge in [0.05, 0.1) is 0 Å². The van der Waals surface area contributed by atoms with Gasteiger partial charge in [-0.1, -0.05) is 29.3 Å². The molecule has 0 atom stereocenters. The molecule has 0 spiro atoms. The highest BCUT2D eigenvalue weighted by atomic mass is 35.5. The second kappa shape index (κ2) is 7.86. The first-order valence-corrected chi connectivity index (χ1v) is 9.09. The summed E-state index contributed by atoms with van der Waals surface area (Å²) in [5, 5.41) is 4.40. The number of aromatic nitrogens is 1. The zero-order valence-corrected chi connectivity index (χ0v) is 15.7. The number of hydrogen-bond acceptors (Lipinski definition) is 4. The number of benzene rings is 2. The molecule has 0 fully saturated rings. The van der Waals surface area contributed by atoms with Crippen LogP contribution in [-0.4, -0.2) is 16.8 Å². The molecule has 0 saturated heterocycles. The molecular formula is C18H13Cl2N3O2S. The van der Waals surface area contributed by atoms with E-state index in [1.54, 1.807) is 42.6 Å². The number of halogens is 2. The Morgan fingerprint density at radius 2 is 1.88 bits per heavy atom. The summed E-state index contributed by atoms with van der Waals surface area (Å²) in [4.78, 5) is 28.7. The van der Waals surface area contributed by atoms with Crippen LogP contribution in [0.2, 0.25) is 10.0 Å². The number of carbonyl (C=O) groups excluding carboxylic acids is 2. The zero-order valence-electron chi connectivity index (χ0n) is 13.3. The van der Waals surface area contributed by atoms with Gasteiger partial charge in [-0.05, 0) is 42.0 Å². The van der Waals surface area contributed by atoms with Gasteiger partial charge in [-0.25, -0.2) is 4.98 Å². The van der Waals surface area contributed by atoms with Crippen LogP contribution in [0.5, 0.6) is 0 Å². The molecule has 0 saturated carbocycles. The number of thiazole rings is 1. The Bertz CT molecular complexity index is 988. The van der Waals surface area contributed by atoms with Crippen LogP contribution >= 0.6 is 34.5 Å². The Balaban J connectivity index is 1.72. The lowest BCUT2D eigenvalue weighted by Gasteiger charge is -2.03. The van der Waals surface area contributed by atoms with Gasteiger partial charge < -0.3 is 5.73 Å². The summed E-state index contributed by atoms with van der Waals surface area (Å²) < 4.78 is 0. The van der Waals surface area contributed by atoms with Gasteiger partial charge in [0, 0.05) is 38.7 Å². The topological polar surface area (TPSA) is 85.1 Å². The Morgan fingerprint density at radius 3 is 2.65 bits per heavy atom. The lowest BCUT2D eigenvalue weighted by Crippen LogP contribution is -2.15. The first-order chi connectivity index (χ1) is 12.4. The van der Waals surface area contributed by atoms with Gasteiger partial charge in [0.25, 0.3) is 5.91 Å². The number of rotatable bonds is 5. The molecule has 2 amide bonds. The van der Waals surface area contributed by atoms with Crippen LogP contribution in [0.4, 0.5) is 5.13 Å². The summed E-state index contributed by atoms with van der Waals surface area (Å²) in [6, 6.07) is 11.5. The molecule has 0 unspecified atom stereocenters. The van der Waals surface area contributed by atoms with Crippen molar-refractivity contribution in [3.8, 4) is 0 Å². The second-order valence-electron chi connectivity index (χ2n) is 5.44. The minimum Gasteiger partial charge on any atom is -0.366 e. The van der Waals surface area contributed by atoms with E-state index in [-0.39, 0.29) is 11.5 Å². The number of nitrogens with two attached hydrogens (primary N) is 1. The zero-order chi connectivity index (χ0) is 18.7. The monoisotopic (exact) mass is 405 g/mol. The second-order valence-corrected chi connectivity index (χ2v) is 7.40. The maximum atomic E-state index is 12.3. The first kappa shape index (κ1) is 18.4. The molecule has 0 aliphatic carbocycles. The highest BCUT2D eigenvalue weighted by Crippen LogP contribution is 2.27. The molecule has 0 bridgehead atoms. The summed E-state index contributed by atoms with van der Waals surface area (Å²) in [6.07, 6.45) is 2.24. The molecule has 1 heterocycles. The van der Waals surface area contributed by atoms with Gasteiger partial charge in [0.2, 0.25) is 5.91 Å². The first-order valence-electron chi connectivity index (χ1n) is 7.52. The van der Waals surface area contributed by atoms with Crippen molar-refractivity contribution in [2.24, 2.45) is 5.73 Å². The molecule has 3 rings (SSSR count). The third kappa shape index (κ3) is 4.40. The number of hydrogen-bond donors (Lipinski definition) is 2. The van der Waals surface area contributed by atoms with Gasteiger partial charge in [-0.15, -0.1) is 11.3 Å². The molecule has 0 aliphatic rings. The third-order valence-corrected chi connectivity index (χ3v) is 5.07. The van der Waals surface area contributed by atoms with Gasteiger partial charge in [0.15, 0.2) is 5.13 Å². The lowest BCUT2D eigenvalue weighted by atomic mass is 10.1. The molecule has 1 aromatic heterocycles. The molecule has 8 heteroatoms. The number of nitrogens with zero attached hydrogens (tertiary/aromatic N) is 1. The van der Waals surface area contributed by atoms with Crippen molar-refractivity contribution in [3.63, 3.8) is 0 Å². The van der Waals surface area contributed by atoms with Crippen molar-refractivity contribution in [2.75, 3.05) is 5.32 Å². The van der Waals surface area contributed by atoms with Crippen LogP contribution < -0.4 is 11.1 Å². The smallest absolute Gasteiger partial charge is 0.257 e. The standard InChI is InChI=1S/C18H13Cl2N3O2S/c19-13-4-5-15(20)12(7-13)8-14-9-22-18(26-14)23-17(25)11-3-1-2-10(6-11)16(21)24/h1-7,9H,8H2,(H2,21,24)(H,22,23,25). The Labute approximate surface area is 163 Å². The molecule has 0 radical (unpaired) electrons. The molecule has 3 N–H and O–H groups in total. The average Bonchev–Trinajstić information content (AvgIpc) is 3.05. The van der Waals surface area contributed by atoms with Crippen LogP contribution in [0.25, 0.3) is 0 Å². The Morgan fingerprint density at radius 1 is 1.12 bits per heavy atom. The van der Waals surface area contributed by atoms with E-state index in [2.05, 4.69) is 10.3 Å². The van der Waals surface area contributed by atoms with Crippen LogP contribution in [-0.2, 0) is 6.42 Å². The largest absolute Gasteiger partial charge is 0.366 e. The molecule has 5 nitrogen and oxygen atoms in total. The number of anilines is 1. The van der Waals surface area contributed by atoms with Crippen LogP contribution in [0.15, 0.2) is 48.7 Å². The number of carbonyl (C=O) groups is 2. The van der Waals surface area contributed by atoms with E-state index in [1.165, 1.54) is 17.4 Å². The molecular weight excluding hydrogens is 393 g/mol. The van der Waals surface area contributed by atoms with Crippen molar-refractivity contribution in [3.05, 3.63) is 80.3 Å². The van der Waals surface area contributed by atoms with E-state index in [4.69, 9.17) is 28.9 Å². The Kier molecular flexibility index (Phi) is 5.56. The third-order valence-electron chi connectivity index (χ3n) is 3.56. The van der Waals surface area contributed by atoms with E-state index in [0.717, 1.165) is 10.4 Å². The van der Waals surface area contributed by atoms with Crippen LogP contribution in [0.1, 0.15) is 31.2 Å². The Hall–Kier alpha value is -2.41. The highest BCUT2D eigenvalue weighted by Gasteiger charge is 2.12. The SMILES string of the molecule is NC(=O)c1cccc(C(=O)Nc2ncc(Cc3cc(Cl)ccc3Cl)s2)c1. The number of amides is 2. The molecule has 26 heavy (non-hydrogen) atoms. The van der Waals surface area contributed by atoms with E-state index in [1.807, 2.05) is 0 Å².